The smallest absolute Gasteiger partial charge is 0.338 e. The number of carbonyl (C=O) groups excluding carboxylic acids is 2. The van der Waals surface area contributed by atoms with Crippen LogP contribution in [0.15, 0.2) is 18.2 Å². The van der Waals surface area contributed by atoms with Crippen molar-refractivity contribution >= 4 is 12.3 Å². The topological polar surface area (TPSA) is 83.8 Å². The molecule has 1 aromatic carbocycles. The van der Waals surface area contributed by atoms with E-state index in [4.69, 9.17) is 0 Å². The van der Waals surface area contributed by atoms with Gasteiger partial charge in [-0.3, -0.25) is 4.79 Å². The van der Waals surface area contributed by atoms with Crippen LogP contribution in [-0.4, -0.2) is 35.2 Å². The molecule has 0 aliphatic heterocycles. The predicted molar refractivity (Wildman–Crippen MR) is 59.4 cm³/mol. The quantitative estimate of drug-likeness (QED) is 0.595. The molecule has 0 spiro atoms. The van der Waals surface area contributed by atoms with Gasteiger partial charge in [0.05, 0.1) is 12.2 Å². The van der Waals surface area contributed by atoms with Gasteiger partial charge in [-0.25, -0.2) is 9.18 Å². The standard InChI is InChI=1S/C12H13FO5/c1-2-18-12(17)11(16)10(15)7-4-3-5-9(13)8(7)6-14/h3-6,10-11,15-16H,2H2,1H3. The lowest BCUT2D eigenvalue weighted by Gasteiger charge is -2.18. The summed E-state index contributed by atoms with van der Waals surface area (Å²) in [6.07, 6.45) is -3.38. The predicted octanol–water partition coefficient (Wildman–Crippen LogP) is 0.596. The minimum absolute atomic E-state index is 0.0340. The molecule has 0 heterocycles. The summed E-state index contributed by atoms with van der Waals surface area (Å²) in [7, 11) is 0. The normalized spacial score (nSPS) is 13.8. The van der Waals surface area contributed by atoms with E-state index in [9.17, 15) is 24.2 Å². The number of ether oxygens (including phenoxy) is 1. The van der Waals surface area contributed by atoms with Crippen LogP contribution in [0.2, 0.25) is 0 Å². The van der Waals surface area contributed by atoms with Gasteiger partial charge in [0.2, 0.25) is 0 Å². The van der Waals surface area contributed by atoms with E-state index in [1.807, 2.05) is 0 Å². The van der Waals surface area contributed by atoms with E-state index in [-0.39, 0.29) is 18.5 Å². The van der Waals surface area contributed by atoms with E-state index in [0.717, 1.165) is 6.07 Å². The van der Waals surface area contributed by atoms with Crippen molar-refractivity contribution in [1.29, 1.82) is 0 Å². The Balaban J connectivity index is 3.03. The molecule has 0 aromatic heterocycles. The molecule has 0 aliphatic rings. The van der Waals surface area contributed by atoms with Crippen LogP contribution in [0.5, 0.6) is 0 Å². The molecule has 2 N–H and O–H groups in total. The molecule has 0 fully saturated rings. The van der Waals surface area contributed by atoms with Crippen LogP contribution in [0.25, 0.3) is 0 Å². The average molecular weight is 256 g/mol. The van der Waals surface area contributed by atoms with Crippen LogP contribution < -0.4 is 0 Å². The number of carbonyl (C=O) groups is 2. The Hall–Kier alpha value is -1.79. The van der Waals surface area contributed by atoms with Crippen molar-refractivity contribution in [2.75, 3.05) is 6.61 Å². The van der Waals surface area contributed by atoms with Gasteiger partial charge < -0.3 is 14.9 Å². The van der Waals surface area contributed by atoms with E-state index in [1.54, 1.807) is 0 Å². The first-order valence-electron chi connectivity index (χ1n) is 5.29. The van der Waals surface area contributed by atoms with Crippen molar-refractivity contribution in [2.24, 2.45) is 0 Å². The second kappa shape index (κ2) is 6.23. The van der Waals surface area contributed by atoms with Gasteiger partial charge in [-0.05, 0) is 18.6 Å². The Bertz CT molecular complexity index is 446. The minimum Gasteiger partial charge on any atom is -0.464 e. The summed E-state index contributed by atoms with van der Waals surface area (Å²) in [6.45, 7) is 1.57. The summed E-state index contributed by atoms with van der Waals surface area (Å²) in [6, 6.07) is 3.55. The number of aliphatic hydroxyl groups excluding tert-OH is 2. The first-order valence-corrected chi connectivity index (χ1v) is 5.29. The summed E-state index contributed by atoms with van der Waals surface area (Å²) in [4.78, 5) is 21.9. The molecular weight excluding hydrogens is 243 g/mol. The molecule has 0 amide bonds. The lowest BCUT2D eigenvalue weighted by molar-refractivity contribution is -0.159. The van der Waals surface area contributed by atoms with Crippen LogP contribution in [0.4, 0.5) is 4.39 Å². The Kier molecular flexibility index (Phi) is 4.94. The summed E-state index contributed by atoms with van der Waals surface area (Å²) in [5, 5.41) is 19.3. The van der Waals surface area contributed by atoms with E-state index in [1.165, 1.54) is 19.1 Å². The van der Waals surface area contributed by atoms with Crippen LogP contribution >= 0.6 is 0 Å². The SMILES string of the molecule is CCOC(=O)C(O)C(O)c1cccc(F)c1C=O. The molecule has 98 valence electrons. The third kappa shape index (κ3) is 2.91. The van der Waals surface area contributed by atoms with Crippen LogP contribution in [0, 0.1) is 5.82 Å². The van der Waals surface area contributed by atoms with Crippen molar-refractivity contribution in [3.63, 3.8) is 0 Å². The second-order valence-corrected chi connectivity index (χ2v) is 3.50. The van der Waals surface area contributed by atoms with Crippen molar-refractivity contribution < 1.29 is 28.9 Å². The highest BCUT2D eigenvalue weighted by Crippen LogP contribution is 2.22. The minimum atomic E-state index is -1.87. The largest absolute Gasteiger partial charge is 0.464 e. The number of halogens is 1. The molecule has 2 atom stereocenters. The molecule has 1 rings (SSSR count). The molecule has 0 saturated heterocycles. The monoisotopic (exact) mass is 256 g/mol. The van der Waals surface area contributed by atoms with Gasteiger partial charge in [-0.1, -0.05) is 12.1 Å². The number of hydrogen-bond donors (Lipinski definition) is 2. The third-order valence-electron chi connectivity index (χ3n) is 2.35. The number of aliphatic hydroxyl groups is 2. The van der Waals surface area contributed by atoms with Gasteiger partial charge in [-0.2, -0.15) is 0 Å². The van der Waals surface area contributed by atoms with Gasteiger partial charge in [-0.15, -0.1) is 0 Å². The van der Waals surface area contributed by atoms with E-state index < -0.39 is 29.6 Å². The maximum atomic E-state index is 13.3. The molecule has 18 heavy (non-hydrogen) atoms. The van der Waals surface area contributed by atoms with Gasteiger partial charge in [0.15, 0.2) is 12.4 Å². The second-order valence-electron chi connectivity index (χ2n) is 3.50. The highest BCUT2D eigenvalue weighted by molar-refractivity contribution is 5.80. The highest BCUT2D eigenvalue weighted by atomic mass is 19.1. The molecule has 5 nitrogen and oxygen atoms in total. The maximum absolute atomic E-state index is 13.3. The summed E-state index contributed by atoms with van der Waals surface area (Å²) in [5.74, 6) is -1.87. The van der Waals surface area contributed by atoms with Crippen LogP contribution in [0.3, 0.4) is 0 Å². The lowest BCUT2D eigenvalue weighted by atomic mass is 9.99. The van der Waals surface area contributed by atoms with Gasteiger partial charge >= 0.3 is 5.97 Å². The van der Waals surface area contributed by atoms with Gasteiger partial charge in [0.25, 0.3) is 0 Å². The van der Waals surface area contributed by atoms with E-state index >= 15 is 0 Å². The van der Waals surface area contributed by atoms with E-state index in [0.29, 0.717) is 0 Å². The summed E-state index contributed by atoms with van der Waals surface area (Å²) >= 11 is 0. The number of aldehydes is 1. The summed E-state index contributed by atoms with van der Waals surface area (Å²) < 4.78 is 17.8. The van der Waals surface area contributed by atoms with Crippen molar-refractivity contribution in [2.45, 2.75) is 19.1 Å². The zero-order valence-electron chi connectivity index (χ0n) is 9.67. The maximum Gasteiger partial charge on any atom is 0.338 e. The first kappa shape index (κ1) is 14.3. The molecule has 0 bridgehead atoms. The zero-order chi connectivity index (χ0) is 13.7. The van der Waals surface area contributed by atoms with Crippen molar-refractivity contribution in [1.82, 2.24) is 0 Å². The molecular formula is C12H13FO5. The number of benzene rings is 1. The lowest BCUT2D eigenvalue weighted by Crippen LogP contribution is -2.30. The first-order chi connectivity index (χ1) is 8.52. The number of rotatable bonds is 5. The average Bonchev–Trinajstić information content (AvgIpc) is 2.37. The molecule has 6 heteroatoms. The summed E-state index contributed by atoms with van der Waals surface area (Å²) in [5.41, 5.74) is -0.557. The fourth-order valence-corrected chi connectivity index (χ4v) is 1.46. The Morgan fingerprint density at radius 1 is 1.50 bits per heavy atom. The Morgan fingerprint density at radius 3 is 2.72 bits per heavy atom. The van der Waals surface area contributed by atoms with Crippen molar-refractivity contribution in [3.05, 3.63) is 35.1 Å². The van der Waals surface area contributed by atoms with Crippen LogP contribution in [-0.2, 0) is 9.53 Å². The fraction of sp³-hybridized carbons (Fsp3) is 0.333. The molecule has 1 aromatic rings. The van der Waals surface area contributed by atoms with Crippen LogP contribution in [0.1, 0.15) is 28.9 Å². The zero-order valence-corrected chi connectivity index (χ0v) is 9.67. The van der Waals surface area contributed by atoms with E-state index in [2.05, 4.69) is 4.74 Å². The Labute approximate surface area is 103 Å². The molecule has 0 radical (unpaired) electrons. The Morgan fingerprint density at radius 2 is 2.17 bits per heavy atom. The molecule has 0 saturated carbocycles. The van der Waals surface area contributed by atoms with Gasteiger partial charge in [0.1, 0.15) is 11.9 Å². The third-order valence-corrected chi connectivity index (χ3v) is 2.35. The number of hydrogen-bond acceptors (Lipinski definition) is 5. The van der Waals surface area contributed by atoms with Crippen molar-refractivity contribution in [3.8, 4) is 0 Å². The highest BCUT2D eigenvalue weighted by Gasteiger charge is 2.29. The molecule has 2 unspecified atom stereocenters. The molecule has 0 aliphatic carbocycles. The number of esters is 1. The fourth-order valence-electron chi connectivity index (χ4n) is 1.46. The van der Waals surface area contributed by atoms with Gasteiger partial charge in [0, 0.05) is 0 Å².